The van der Waals surface area contributed by atoms with Gasteiger partial charge in [0.25, 0.3) is 0 Å². The Hall–Kier alpha value is -3.54. The van der Waals surface area contributed by atoms with Crippen molar-refractivity contribution in [3.8, 4) is 5.75 Å². The van der Waals surface area contributed by atoms with Crippen molar-refractivity contribution in [2.75, 3.05) is 6.61 Å². The molecule has 0 N–H and O–H groups in total. The molecule has 0 radical (unpaired) electrons. The Balaban J connectivity index is 1.65. The SMILES string of the molecule is CC(C)(C)OC(=O)COc1cccc2oc(=O)n(Cc3ccc4ccccc4c3)c12. The smallest absolute Gasteiger partial charge is 0.420 e. The minimum atomic E-state index is -0.597. The molecule has 1 aromatic heterocycles. The van der Waals surface area contributed by atoms with E-state index in [2.05, 4.69) is 0 Å². The topological polar surface area (TPSA) is 70.7 Å². The summed E-state index contributed by atoms with van der Waals surface area (Å²) in [6.07, 6.45) is 0. The maximum Gasteiger partial charge on any atom is 0.420 e. The summed E-state index contributed by atoms with van der Waals surface area (Å²) in [7, 11) is 0. The molecule has 154 valence electrons. The summed E-state index contributed by atoms with van der Waals surface area (Å²) in [6.45, 7) is 5.45. The summed E-state index contributed by atoms with van der Waals surface area (Å²) in [6, 6.07) is 19.2. The number of rotatable bonds is 5. The predicted octanol–water partition coefficient (Wildman–Crippen LogP) is 4.52. The summed E-state index contributed by atoms with van der Waals surface area (Å²) < 4.78 is 17.9. The molecule has 0 aliphatic carbocycles. The highest BCUT2D eigenvalue weighted by Crippen LogP contribution is 2.26. The van der Waals surface area contributed by atoms with E-state index in [1.165, 1.54) is 4.57 Å². The Bertz CT molecular complexity index is 1280. The maximum atomic E-state index is 12.5. The van der Waals surface area contributed by atoms with E-state index in [-0.39, 0.29) is 6.61 Å². The molecule has 4 rings (SSSR count). The highest BCUT2D eigenvalue weighted by molar-refractivity contribution is 5.83. The molecule has 30 heavy (non-hydrogen) atoms. The number of carbonyl (C=O) groups excluding carboxylic acids is 1. The molecular formula is C24H23NO5. The summed E-state index contributed by atoms with van der Waals surface area (Å²) >= 11 is 0. The van der Waals surface area contributed by atoms with Crippen LogP contribution in [0.3, 0.4) is 0 Å². The van der Waals surface area contributed by atoms with E-state index in [0.717, 1.165) is 16.3 Å². The van der Waals surface area contributed by atoms with Crippen molar-refractivity contribution in [3.05, 3.63) is 76.8 Å². The second kappa shape index (κ2) is 7.71. The molecule has 0 saturated carbocycles. The Kier molecular flexibility index (Phi) is 5.08. The minimum Gasteiger partial charge on any atom is -0.480 e. The van der Waals surface area contributed by atoms with Gasteiger partial charge in [0.05, 0.1) is 6.54 Å². The summed E-state index contributed by atoms with van der Waals surface area (Å²) in [4.78, 5) is 24.6. The van der Waals surface area contributed by atoms with Crippen molar-refractivity contribution in [1.29, 1.82) is 0 Å². The average molecular weight is 405 g/mol. The van der Waals surface area contributed by atoms with Crippen LogP contribution in [0.15, 0.2) is 69.9 Å². The van der Waals surface area contributed by atoms with Crippen molar-refractivity contribution in [1.82, 2.24) is 4.57 Å². The molecule has 0 spiro atoms. The first-order chi connectivity index (χ1) is 14.3. The van der Waals surface area contributed by atoms with E-state index in [0.29, 0.717) is 23.4 Å². The van der Waals surface area contributed by atoms with Gasteiger partial charge in [-0.3, -0.25) is 4.57 Å². The van der Waals surface area contributed by atoms with Crippen molar-refractivity contribution in [3.63, 3.8) is 0 Å². The van der Waals surface area contributed by atoms with E-state index in [4.69, 9.17) is 13.9 Å². The van der Waals surface area contributed by atoms with Crippen molar-refractivity contribution in [2.45, 2.75) is 32.9 Å². The van der Waals surface area contributed by atoms with Gasteiger partial charge in [-0.25, -0.2) is 9.59 Å². The van der Waals surface area contributed by atoms with Gasteiger partial charge in [0.1, 0.15) is 16.9 Å². The van der Waals surface area contributed by atoms with Crippen LogP contribution < -0.4 is 10.5 Å². The number of ether oxygens (including phenoxy) is 2. The highest BCUT2D eigenvalue weighted by Gasteiger charge is 2.19. The number of carbonyl (C=O) groups is 1. The molecule has 6 heteroatoms. The third-order valence-electron chi connectivity index (χ3n) is 4.57. The first kappa shape index (κ1) is 19.8. The monoisotopic (exact) mass is 405 g/mol. The van der Waals surface area contributed by atoms with Crippen LogP contribution in [-0.2, 0) is 16.1 Å². The zero-order valence-corrected chi connectivity index (χ0v) is 17.2. The van der Waals surface area contributed by atoms with Crippen molar-refractivity contribution in [2.24, 2.45) is 0 Å². The van der Waals surface area contributed by atoms with Gasteiger partial charge in [-0.05, 0) is 55.3 Å². The van der Waals surface area contributed by atoms with Crippen LogP contribution in [0.1, 0.15) is 26.3 Å². The normalized spacial score (nSPS) is 11.7. The molecular weight excluding hydrogens is 382 g/mol. The van der Waals surface area contributed by atoms with Crippen LogP contribution >= 0.6 is 0 Å². The van der Waals surface area contributed by atoms with Crippen molar-refractivity contribution >= 4 is 27.8 Å². The molecule has 0 unspecified atom stereocenters. The Labute approximate surface area is 173 Å². The van der Waals surface area contributed by atoms with E-state index in [1.54, 1.807) is 39.0 Å². The molecule has 0 fully saturated rings. The Morgan fingerprint density at radius 2 is 1.77 bits per heavy atom. The average Bonchev–Trinajstić information content (AvgIpc) is 3.01. The number of oxazole rings is 1. The molecule has 4 aromatic rings. The van der Waals surface area contributed by atoms with Crippen LogP contribution in [0.25, 0.3) is 21.9 Å². The fraction of sp³-hybridized carbons (Fsp3) is 0.250. The fourth-order valence-corrected chi connectivity index (χ4v) is 3.38. The van der Waals surface area contributed by atoms with Gasteiger partial charge >= 0.3 is 11.7 Å². The number of hydrogen-bond acceptors (Lipinski definition) is 5. The van der Waals surface area contributed by atoms with Crippen molar-refractivity contribution < 1.29 is 18.7 Å². The number of fused-ring (bicyclic) bond motifs is 2. The molecule has 0 amide bonds. The van der Waals surface area contributed by atoms with Crippen LogP contribution in [0.2, 0.25) is 0 Å². The molecule has 1 heterocycles. The summed E-state index contributed by atoms with van der Waals surface area (Å²) in [5, 5.41) is 2.23. The Morgan fingerprint density at radius 3 is 2.53 bits per heavy atom. The quantitative estimate of drug-likeness (QED) is 0.457. The summed E-state index contributed by atoms with van der Waals surface area (Å²) in [5.41, 5.74) is 1.28. The number of para-hydroxylation sites is 1. The lowest BCUT2D eigenvalue weighted by molar-refractivity contribution is -0.157. The summed E-state index contributed by atoms with van der Waals surface area (Å²) in [5.74, 6) is -0.567. The maximum absolute atomic E-state index is 12.5. The molecule has 0 saturated heterocycles. The van der Waals surface area contributed by atoms with Crippen LogP contribution in [0, 0.1) is 0 Å². The number of esters is 1. The molecule has 0 aliphatic heterocycles. The minimum absolute atomic E-state index is 0.258. The zero-order valence-electron chi connectivity index (χ0n) is 17.2. The predicted molar refractivity (Wildman–Crippen MR) is 115 cm³/mol. The largest absolute Gasteiger partial charge is 0.480 e. The second-order valence-corrected chi connectivity index (χ2v) is 8.11. The first-order valence-corrected chi connectivity index (χ1v) is 9.75. The fourth-order valence-electron chi connectivity index (χ4n) is 3.38. The van der Waals surface area contributed by atoms with Crippen LogP contribution in [-0.4, -0.2) is 22.7 Å². The van der Waals surface area contributed by atoms with E-state index >= 15 is 0 Å². The third kappa shape index (κ3) is 4.22. The second-order valence-electron chi connectivity index (χ2n) is 8.11. The molecule has 6 nitrogen and oxygen atoms in total. The zero-order chi connectivity index (χ0) is 21.3. The third-order valence-corrected chi connectivity index (χ3v) is 4.57. The van der Waals surface area contributed by atoms with E-state index in [9.17, 15) is 9.59 Å². The van der Waals surface area contributed by atoms with Gasteiger partial charge in [-0.2, -0.15) is 0 Å². The standard InChI is InChI=1S/C24H23NO5/c1-24(2,3)30-21(26)15-28-19-9-6-10-20-22(19)25(23(27)29-20)14-16-11-12-17-7-4-5-8-18(17)13-16/h4-13H,14-15H2,1-3H3. The van der Waals surface area contributed by atoms with Gasteiger partial charge in [-0.1, -0.05) is 42.5 Å². The van der Waals surface area contributed by atoms with Gasteiger partial charge in [0, 0.05) is 0 Å². The van der Waals surface area contributed by atoms with E-state index < -0.39 is 17.3 Å². The lowest BCUT2D eigenvalue weighted by Gasteiger charge is -2.19. The number of benzene rings is 3. The lowest BCUT2D eigenvalue weighted by Crippen LogP contribution is -2.27. The lowest BCUT2D eigenvalue weighted by atomic mass is 10.1. The van der Waals surface area contributed by atoms with Gasteiger partial charge in [0.15, 0.2) is 12.2 Å². The molecule has 0 bridgehead atoms. The first-order valence-electron chi connectivity index (χ1n) is 9.75. The number of aromatic nitrogens is 1. The van der Waals surface area contributed by atoms with Crippen LogP contribution in [0.5, 0.6) is 5.75 Å². The Morgan fingerprint density at radius 1 is 1.00 bits per heavy atom. The van der Waals surface area contributed by atoms with E-state index in [1.807, 2.05) is 42.5 Å². The number of nitrogens with zero attached hydrogens (tertiary/aromatic N) is 1. The highest BCUT2D eigenvalue weighted by atomic mass is 16.6. The molecule has 0 aliphatic rings. The molecule has 0 atom stereocenters. The van der Waals surface area contributed by atoms with Gasteiger partial charge in [0.2, 0.25) is 0 Å². The van der Waals surface area contributed by atoms with Crippen LogP contribution in [0.4, 0.5) is 0 Å². The molecule has 3 aromatic carbocycles. The van der Waals surface area contributed by atoms with Gasteiger partial charge in [-0.15, -0.1) is 0 Å². The number of hydrogen-bond donors (Lipinski definition) is 0. The van der Waals surface area contributed by atoms with Gasteiger partial charge < -0.3 is 13.9 Å².